The maximum Gasteiger partial charge on any atom is 0.341 e. The molecule has 3 aromatic carbocycles. The van der Waals surface area contributed by atoms with E-state index in [9.17, 15) is 8.42 Å². The van der Waals surface area contributed by atoms with E-state index in [4.69, 9.17) is 8.92 Å². The highest BCUT2D eigenvalue weighted by Gasteiger charge is 2.20. The molecule has 0 saturated heterocycles. The summed E-state index contributed by atoms with van der Waals surface area (Å²) in [5, 5.41) is 0.733. The van der Waals surface area contributed by atoms with E-state index in [1.165, 1.54) is 6.07 Å². The summed E-state index contributed by atoms with van der Waals surface area (Å²) in [6.45, 7) is 0.432. The van der Waals surface area contributed by atoms with Gasteiger partial charge in [-0.3, -0.25) is 4.98 Å². The van der Waals surface area contributed by atoms with Crippen molar-refractivity contribution < 1.29 is 17.3 Å². The number of benzene rings is 3. The number of hydrogen-bond acceptors (Lipinski definition) is 5. The van der Waals surface area contributed by atoms with Gasteiger partial charge in [0.2, 0.25) is 0 Å². The Labute approximate surface area is 163 Å². The number of nitrogens with zero attached hydrogens (tertiary/aromatic N) is 1. The van der Waals surface area contributed by atoms with Crippen LogP contribution in [0.4, 0.5) is 0 Å². The molecule has 4 aromatic rings. The van der Waals surface area contributed by atoms with Crippen LogP contribution in [0.2, 0.25) is 0 Å². The van der Waals surface area contributed by atoms with Crippen LogP contribution in [-0.4, -0.2) is 13.4 Å². The zero-order valence-electron chi connectivity index (χ0n) is 14.9. The van der Waals surface area contributed by atoms with E-state index in [0.717, 1.165) is 10.9 Å². The zero-order chi connectivity index (χ0) is 19.4. The summed E-state index contributed by atoms with van der Waals surface area (Å²) >= 11 is 0. The van der Waals surface area contributed by atoms with Gasteiger partial charge in [-0.25, -0.2) is 0 Å². The van der Waals surface area contributed by atoms with Gasteiger partial charge in [0.05, 0.1) is 5.52 Å². The summed E-state index contributed by atoms with van der Waals surface area (Å²) in [4.78, 5) is 4.21. The van der Waals surface area contributed by atoms with Gasteiger partial charge in [0.25, 0.3) is 0 Å². The maximum absolute atomic E-state index is 12.7. The minimum Gasteiger partial charge on any atom is -0.489 e. The third kappa shape index (κ3) is 3.97. The second-order valence-electron chi connectivity index (χ2n) is 6.11. The second-order valence-corrected chi connectivity index (χ2v) is 7.63. The molecule has 1 aromatic heterocycles. The lowest BCUT2D eigenvalue weighted by Crippen LogP contribution is -2.10. The maximum atomic E-state index is 12.7. The van der Waals surface area contributed by atoms with E-state index in [0.29, 0.717) is 17.9 Å². The summed E-state index contributed by atoms with van der Waals surface area (Å²) in [6.07, 6.45) is 1.56. The zero-order valence-corrected chi connectivity index (χ0v) is 15.7. The fourth-order valence-electron chi connectivity index (χ4n) is 2.78. The first-order valence-electron chi connectivity index (χ1n) is 8.67. The van der Waals surface area contributed by atoms with Crippen molar-refractivity contribution >= 4 is 21.0 Å². The molecular weight excluding hydrogens is 374 g/mol. The molecular formula is C22H17NO4S. The molecule has 0 aliphatic carbocycles. The van der Waals surface area contributed by atoms with Crippen molar-refractivity contribution in [3.8, 4) is 11.5 Å². The molecule has 0 amide bonds. The number of fused-ring (bicyclic) bond motifs is 1. The second kappa shape index (κ2) is 7.70. The van der Waals surface area contributed by atoms with E-state index in [2.05, 4.69) is 4.98 Å². The molecule has 28 heavy (non-hydrogen) atoms. The highest BCUT2D eigenvalue weighted by molar-refractivity contribution is 7.87. The van der Waals surface area contributed by atoms with Crippen LogP contribution in [0.25, 0.3) is 10.9 Å². The lowest BCUT2D eigenvalue weighted by molar-refractivity contribution is 0.306. The number of ether oxygens (including phenoxy) is 1. The van der Waals surface area contributed by atoms with Crippen LogP contribution in [0.5, 0.6) is 11.5 Å². The molecule has 5 nitrogen and oxygen atoms in total. The van der Waals surface area contributed by atoms with Crippen molar-refractivity contribution in [3.05, 3.63) is 96.7 Å². The number of pyridine rings is 1. The lowest BCUT2D eigenvalue weighted by atomic mass is 10.2. The predicted molar refractivity (Wildman–Crippen MR) is 107 cm³/mol. The molecule has 0 N–H and O–H groups in total. The Kier molecular flexibility index (Phi) is 4.95. The van der Waals surface area contributed by atoms with Gasteiger partial charge >= 0.3 is 10.1 Å². The summed E-state index contributed by atoms with van der Waals surface area (Å²) in [5.41, 5.74) is 1.43. The summed E-state index contributed by atoms with van der Waals surface area (Å²) in [6, 6.07) is 24.8. The fourth-order valence-corrected chi connectivity index (χ4v) is 3.89. The average Bonchev–Trinajstić information content (AvgIpc) is 2.73. The van der Waals surface area contributed by atoms with E-state index >= 15 is 0 Å². The van der Waals surface area contributed by atoms with Crippen LogP contribution in [0.1, 0.15) is 5.56 Å². The molecule has 0 unspecified atom stereocenters. The molecule has 140 valence electrons. The molecule has 0 saturated carbocycles. The molecule has 4 rings (SSSR count). The van der Waals surface area contributed by atoms with E-state index in [-0.39, 0.29) is 10.6 Å². The molecule has 0 radical (unpaired) electrons. The van der Waals surface area contributed by atoms with Gasteiger partial charge in [0.15, 0.2) is 0 Å². The quantitative estimate of drug-likeness (QED) is 0.450. The Balaban J connectivity index is 1.50. The number of para-hydroxylation sites is 1. The highest BCUT2D eigenvalue weighted by Crippen LogP contribution is 2.26. The van der Waals surface area contributed by atoms with Crippen LogP contribution in [0.15, 0.2) is 96.0 Å². The predicted octanol–water partition coefficient (Wildman–Crippen LogP) is 4.58. The van der Waals surface area contributed by atoms with Crippen LogP contribution >= 0.6 is 0 Å². The number of hydrogen-bond donors (Lipinski definition) is 0. The van der Waals surface area contributed by atoms with Gasteiger partial charge in [-0.2, -0.15) is 8.42 Å². The topological polar surface area (TPSA) is 65.5 Å². The van der Waals surface area contributed by atoms with Gasteiger partial charge in [0.1, 0.15) is 23.0 Å². The Hall–Kier alpha value is -3.38. The van der Waals surface area contributed by atoms with Crippen molar-refractivity contribution in [2.24, 2.45) is 0 Å². The third-order valence-corrected chi connectivity index (χ3v) is 5.42. The molecule has 0 bridgehead atoms. The molecule has 0 atom stereocenters. The Bertz CT molecular complexity index is 1180. The first-order chi connectivity index (χ1) is 13.6. The van der Waals surface area contributed by atoms with Crippen molar-refractivity contribution in [2.75, 3.05) is 0 Å². The molecule has 0 spiro atoms. The molecule has 0 fully saturated rings. The van der Waals surface area contributed by atoms with Gasteiger partial charge in [-0.05, 0) is 42.0 Å². The summed E-state index contributed by atoms with van der Waals surface area (Å²) in [5.74, 6) is 0.834. The number of rotatable bonds is 6. The Morgan fingerprint density at radius 3 is 2.25 bits per heavy atom. The largest absolute Gasteiger partial charge is 0.489 e. The minimum atomic E-state index is -4.01. The van der Waals surface area contributed by atoms with E-state index in [1.54, 1.807) is 54.7 Å². The third-order valence-electron chi connectivity index (χ3n) is 4.14. The van der Waals surface area contributed by atoms with E-state index < -0.39 is 10.1 Å². The van der Waals surface area contributed by atoms with Crippen molar-refractivity contribution in [1.82, 2.24) is 4.98 Å². The smallest absolute Gasteiger partial charge is 0.341 e. The Morgan fingerprint density at radius 1 is 0.750 bits per heavy atom. The first-order valence-corrected chi connectivity index (χ1v) is 10.1. The SMILES string of the molecule is O=S(=O)(Oc1ccc(OCc2ccccc2)cc1)c1cccc2cccnc12. The molecule has 0 aliphatic heterocycles. The van der Waals surface area contributed by atoms with Gasteiger partial charge in [-0.1, -0.05) is 48.5 Å². The normalized spacial score (nSPS) is 11.3. The summed E-state index contributed by atoms with van der Waals surface area (Å²) < 4.78 is 36.4. The first kappa shape index (κ1) is 18.0. The molecule has 0 aliphatic rings. The minimum absolute atomic E-state index is 0.0370. The fraction of sp³-hybridized carbons (Fsp3) is 0.0455. The lowest BCUT2D eigenvalue weighted by Gasteiger charge is -2.10. The van der Waals surface area contributed by atoms with Crippen molar-refractivity contribution in [1.29, 1.82) is 0 Å². The van der Waals surface area contributed by atoms with Crippen LogP contribution in [0.3, 0.4) is 0 Å². The van der Waals surface area contributed by atoms with Gasteiger partial charge in [-0.15, -0.1) is 0 Å². The highest BCUT2D eigenvalue weighted by atomic mass is 32.2. The molecule has 1 heterocycles. The van der Waals surface area contributed by atoms with E-state index in [1.807, 2.05) is 30.3 Å². The summed E-state index contributed by atoms with van der Waals surface area (Å²) in [7, 11) is -4.01. The van der Waals surface area contributed by atoms with Crippen LogP contribution in [-0.2, 0) is 16.7 Å². The number of aromatic nitrogens is 1. The monoisotopic (exact) mass is 391 g/mol. The van der Waals surface area contributed by atoms with Crippen LogP contribution < -0.4 is 8.92 Å². The standard InChI is InChI=1S/C22H17NO4S/c24-28(25,21-10-4-8-18-9-5-15-23-22(18)21)27-20-13-11-19(12-14-20)26-16-17-6-2-1-3-7-17/h1-15H,16H2. The Morgan fingerprint density at radius 2 is 1.46 bits per heavy atom. The van der Waals surface area contributed by atoms with Crippen LogP contribution in [0, 0.1) is 0 Å². The van der Waals surface area contributed by atoms with Crippen molar-refractivity contribution in [2.45, 2.75) is 11.5 Å². The van der Waals surface area contributed by atoms with Gasteiger partial charge in [0, 0.05) is 11.6 Å². The average molecular weight is 391 g/mol. The van der Waals surface area contributed by atoms with Crippen molar-refractivity contribution in [3.63, 3.8) is 0 Å². The van der Waals surface area contributed by atoms with Gasteiger partial charge < -0.3 is 8.92 Å². The molecule has 6 heteroatoms.